The first-order chi connectivity index (χ1) is 9.42. The Balaban J connectivity index is 1.83. The number of aliphatic carboxylic acids is 1. The highest BCUT2D eigenvalue weighted by Crippen LogP contribution is 2.31. The topological polar surface area (TPSA) is 60.9 Å². The minimum atomic E-state index is -0.746. The lowest BCUT2D eigenvalue weighted by Crippen LogP contribution is -2.49. The van der Waals surface area contributed by atoms with Crippen molar-refractivity contribution in [3.8, 4) is 0 Å². The molecule has 1 N–H and O–H groups in total. The lowest BCUT2D eigenvalue weighted by Gasteiger charge is -2.38. The van der Waals surface area contributed by atoms with Gasteiger partial charge < -0.3 is 14.9 Å². The SMILES string of the molecule is CN(CC1CCCC1)C(=O)N1CCC(C)(C(=O)O)CC1. The van der Waals surface area contributed by atoms with Crippen molar-refractivity contribution in [3.63, 3.8) is 0 Å². The van der Waals surface area contributed by atoms with Crippen LogP contribution in [-0.4, -0.2) is 53.6 Å². The van der Waals surface area contributed by atoms with Gasteiger partial charge in [0.05, 0.1) is 5.41 Å². The Labute approximate surface area is 120 Å². The molecular weight excluding hydrogens is 256 g/mol. The number of likely N-dealkylation sites (tertiary alicyclic amines) is 1. The number of carboxylic acids is 1. The molecule has 1 saturated heterocycles. The molecule has 2 fully saturated rings. The monoisotopic (exact) mass is 282 g/mol. The van der Waals surface area contributed by atoms with Crippen LogP contribution in [0.15, 0.2) is 0 Å². The van der Waals surface area contributed by atoms with Gasteiger partial charge in [0.25, 0.3) is 0 Å². The fourth-order valence-corrected chi connectivity index (χ4v) is 3.31. The molecule has 1 aliphatic carbocycles. The molecule has 5 heteroatoms. The number of hydrogen-bond acceptors (Lipinski definition) is 2. The summed E-state index contributed by atoms with van der Waals surface area (Å²) >= 11 is 0. The Morgan fingerprint density at radius 2 is 1.80 bits per heavy atom. The Bertz CT molecular complexity index is 369. The van der Waals surface area contributed by atoms with Gasteiger partial charge in [-0.15, -0.1) is 0 Å². The van der Waals surface area contributed by atoms with E-state index in [0.29, 0.717) is 31.8 Å². The predicted octanol–water partition coefficient (Wildman–Crippen LogP) is 2.42. The second-order valence-corrected chi connectivity index (χ2v) is 6.67. The molecule has 0 unspecified atom stereocenters. The minimum absolute atomic E-state index is 0.0596. The molecule has 0 spiro atoms. The van der Waals surface area contributed by atoms with Gasteiger partial charge >= 0.3 is 12.0 Å². The van der Waals surface area contributed by atoms with Gasteiger partial charge in [-0.05, 0) is 38.5 Å². The summed E-state index contributed by atoms with van der Waals surface area (Å²) in [6, 6.07) is 0.0596. The van der Waals surface area contributed by atoms with Crippen LogP contribution < -0.4 is 0 Å². The van der Waals surface area contributed by atoms with E-state index < -0.39 is 11.4 Å². The molecule has 5 nitrogen and oxygen atoms in total. The van der Waals surface area contributed by atoms with Crippen molar-refractivity contribution in [3.05, 3.63) is 0 Å². The lowest BCUT2D eigenvalue weighted by atomic mass is 9.80. The smallest absolute Gasteiger partial charge is 0.319 e. The highest BCUT2D eigenvalue weighted by atomic mass is 16.4. The van der Waals surface area contributed by atoms with Crippen molar-refractivity contribution in [2.75, 3.05) is 26.7 Å². The quantitative estimate of drug-likeness (QED) is 0.864. The zero-order valence-corrected chi connectivity index (χ0v) is 12.6. The summed E-state index contributed by atoms with van der Waals surface area (Å²) in [5.41, 5.74) is -0.666. The van der Waals surface area contributed by atoms with Crippen LogP contribution in [0.1, 0.15) is 45.4 Å². The van der Waals surface area contributed by atoms with E-state index in [1.807, 2.05) is 11.9 Å². The van der Waals surface area contributed by atoms with E-state index in [1.54, 1.807) is 11.8 Å². The Hall–Kier alpha value is -1.26. The summed E-state index contributed by atoms with van der Waals surface area (Å²) in [7, 11) is 1.87. The van der Waals surface area contributed by atoms with E-state index in [-0.39, 0.29) is 6.03 Å². The fraction of sp³-hybridized carbons (Fsp3) is 0.867. The maximum atomic E-state index is 12.4. The largest absolute Gasteiger partial charge is 0.481 e. The van der Waals surface area contributed by atoms with Crippen LogP contribution in [0.3, 0.4) is 0 Å². The number of urea groups is 1. The first kappa shape index (κ1) is 15.1. The van der Waals surface area contributed by atoms with Crippen LogP contribution in [-0.2, 0) is 4.79 Å². The van der Waals surface area contributed by atoms with Crippen LogP contribution in [0.2, 0.25) is 0 Å². The number of piperidine rings is 1. The van der Waals surface area contributed by atoms with E-state index >= 15 is 0 Å². The van der Waals surface area contributed by atoms with Crippen molar-refractivity contribution in [1.82, 2.24) is 9.80 Å². The molecule has 0 aromatic carbocycles. The summed E-state index contributed by atoms with van der Waals surface area (Å²) in [5, 5.41) is 9.21. The standard InChI is InChI=1S/C15H26N2O3/c1-15(13(18)19)7-9-17(10-8-15)14(20)16(2)11-12-5-3-4-6-12/h12H,3-11H2,1-2H3,(H,18,19). The summed E-state index contributed by atoms with van der Waals surface area (Å²) in [4.78, 5) is 27.2. The number of carbonyl (C=O) groups excluding carboxylic acids is 1. The van der Waals surface area contributed by atoms with Crippen molar-refractivity contribution in [2.24, 2.45) is 11.3 Å². The van der Waals surface area contributed by atoms with Gasteiger partial charge in [0.1, 0.15) is 0 Å². The highest BCUT2D eigenvalue weighted by molar-refractivity contribution is 5.77. The molecule has 2 amide bonds. The van der Waals surface area contributed by atoms with E-state index in [0.717, 1.165) is 6.54 Å². The number of carboxylic acid groups (broad SMARTS) is 1. The van der Waals surface area contributed by atoms with E-state index in [2.05, 4.69) is 0 Å². The third-order valence-corrected chi connectivity index (χ3v) is 4.99. The average molecular weight is 282 g/mol. The fourth-order valence-electron chi connectivity index (χ4n) is 3.31. The third-order valence-electron chi connectivity index (χ3n) is 4.99. The molecule has 0 aromatic rings. The Kier molecular flexibility index (Phi) is 4.55. The van der Waals surface area contributed by atoms with E-state index in [1.165, 1.54) is 25.7 Å². The number of nitrogens with zero attached hydrogens (tertiary/aromatic N) is 2. The van der Waals surface area contributed by atoms with Gasteiger partial charge in [-0.2, -0.15) is 0 Å². The molecule has 2 rings (SSSR count). The molecule has 1 saturated carbocycles. The minimum Gasteiger partial charge on any atom is -0.481 e. The van der Waals surface area contributed by atoms with Gasteiger partial charge in [0.2, 0.25) is 0 Å². The zero-order chi connectivity index (χ0) is 14.8. The molecule has 0 bridgehead atoms. The molecule has 1 heterocycles. The third kappa shape index (κ3) is 3.25. The number of carbonyl (C=O) groups is 2. The van der Waals surface area contributed by atoms with Crippen molar-refractivity contribution in [1.29, 1.82) is 0 Å². The molecule has 0 atom stereocenters. The van der Waals surface area contributed by atoms with E-state index in [4.69, 9.17) is 0 Å². The van der Waals surface area contributed by atoms with Gasteiger partial charge in [-0.3, -0.25) is 4.79 Å². The highest BCUT2D eigenvalue weighted by Gasteiger charge is 2.38. The lowest BCUT2D eigenvalue weighted by molar-refractivity contribution is -0.150. The van der Waals surface area contributed by atoms with Gasteiger partial charge in [0.15, 0.2) is 0 Å². The van der Waals surface area contributed by atoms with E-state index in [9.17, 15) is 14.7 Å². The number of hydrogen-bond donors (Lipinski definition) is 1. The number of amides is 2. The molecule has 0 radical (unpaired) electrons. The first-order valence-corrected chi connectivity index (χ1v) is 7.66. The zero-order valence-electron chi connectivity index (χ0n) is 12.6. The van der Waals surface area contributed by atoms with Crippen LogP contribution in [0.25, 0.3) is 0 Å². The van der Waals surface area contributed by atoms with Crippen molar-refractivity contribution < 1.29 is 14.7 Å². The van der Waals surface area contributed by atoms with Gasteiger partial charge in [-0.1, -0.05) is 12.8 Å². The Morgan fingerprint density at radius 1 is 1.25 bits per heavy atom. The molecule has 20 heavy (non-hydrogen) atoms. The molecular formula is C15H26N2O3. The second-order valence-electron chi connectivity index (χ2n) is 6.67. The normalized spacial score (nSPS) is 22.8. The second kappa shape index (κ2) is 6.02. The maximum absolute atomic E-state index is 12.4. The van der Waals surface area contributed by atoms with Gasteiger partial charge in [-0.25, -0.2) is 4.79 Å². The molecule has 2 aliphatic rings. The molecule has 1 aliphatic heterocycles. The van der Waals surface area contributed by atoms with Crippen LogP contribution in [0, 0.1) is 11.3 Å². The predicted molar refractivity (Wildman–Crippen MR) is 76.5 cm³/mol. The molecule has 0 aromatic heterocycles. The Morgan fingerprint density at radius 3 is 2.30 bits per heavy atom. The summed E-state index contributed by atoms with van der Waals surface area (Å²) in [5.74, 6) is -0.0954. The summed E-state index contributed by atoms with van der Waals surface area (Å²) in [6.07, 6.45) is 6.13. The number of rotatable bonds is 3. The van der Waals surface area contributed by atoms with Crippen LogP contribution in [0.5, 0.6) is 0 Å². The van der Waals surface area contributed by atoms with Gasteiger partial charge in [0, 0.05) is 26.7 Å². The maximum Gasteiger partial charge on any atom is 0.319 e. The first-order valence-electron chi connectivity index (χ1n) is 7.66. The molecule has 114 valence electrons. The average Bonchev–Trinajstić information content (AvgIpc) is 2.91. The van der Waals surface area contributed by atoms with Crippen LogP contribution in [0.4, 0.5) is 4.79 Å². The summed E-state index contributed by atoms with van der Waals surface area (Å²) < 4.78 is 0. The van der Waals surface area contributed by atoms with Crippen LogP contribution >= 0.6 is 0 Å². The van der Waals surface area contributed by atoms with Crippen molar-refractivity contribution >= 4 is 12.0 Å². The summed E-state index contributed by atoms with van der Waals surface area (Å²) in [6.45, 7) is 3.72. The van der Waals surface area contributed by atoms with Crippen molar-refractivity contribution in [2.45, 2.75) is 45.4 Å².